The van der Waals surface area contributed by atoms with Gasteiger partial charge in [0.25, 0.3) is 0 Å². The van der Waals surface area contributed by atoms with Crippen molar-refractivity contribution in [3.8, 4) is 40.1 Å². The number of hydrogen-bond donors (Lipinski definition) is 7. The van der Waals surface area contributed by atoms with Crippen molar-refractivity contribution < 1.29 is 72.7 Å². The van der Waals surface area contributed by atoms with Crippen molar-refractivity contribution in [2.75, 3.05) is 0 Å². The van der Waals surface area contributed by atoms with E-state index in [9.17, 15) is 54.1 Å². The van der Waals surface area contributed by atoms with E-state index >= 15 is 0 Å². The van der Waals surface area contributed by atoms with Crippen LogP contribution in [0.15, 0.2) is 88.1 Å². The van der Waals surface area contributed by atoms with Crippen molar-refractivity contribution in [2.45, 2.75) is 62.9 Å². The number of ether oxygens (including phenoxy) is 4. The Labute approximate surface area is 304 Å². The molecule has 1 aliphatic heterocycles. The van der Waals surface area contributed by atoms with Crippen molar-refractivity contribution in [1.82, 2.24) is 0 Å². The molecule has 0 saturated carbocycles. The van der Waals surface area contributed by atoms with Crippen LogP contribution in [0, 0.1) is 11.6 Å². The summed E-state index contributed by atoms with van der Waals surface area (Å²) in [6.07, 6.45) is -11.6. The van der Waals surface area contributed by atoms with Crippen LogP contribution in [0.1, 0.15) is 24.0 Å². The van der Waals surface area contributed by atoms with Crippen LogP contribution >= 0.6 is 0 Å². The Morgan fingerprint density at radius 3 is 2.09 bits per heavy atom. The number of carbonyl (C=O) groups excluding carboxylic acids is 1. The number of esters is 1. The zero-order valence-electron chi connectivity index (χ0n) is 28.0. The first-order chi connectivity index (χ1) is 25.8. The Kier molecular flexibility index (Phi) is 11.3. The molecule has 4 aromatic carbocycles. The van der Waals surface area contributed by atoms with Crippen molar-refractivity contribution >= 4 is 16.9 Å². The molecular formula is C38H34F2O14. The topological polar surface area (TPSA) is 226 Å². The molecule has 54 heavy (non-hydrogen) atoms. The summed E-state index contributed by atoms with van der Waals surface area (Å²) < 4.78 is 55.6. The molecule has 2 heterocycles. The first kappa shape index (κ1) is 38.0. The highest BCUT2D eigenvalue weighted by molar-refractivity contribution is 5.88. The SMILES string of the molecule is O=C(CCc1ccc(F)cc1)O[C@H]1[C@H](O)[C@@H](O)O[C@@H](Oc2c(-c3ccc(O)c(O)c3)oc3cc(O)cc(O)c3c2=O)[C@@H]1OC(O)CCc1ccc(F)cc1. The summed E-state index contributed by atoms with van der Waals surface area (Å²) in [5.41, 5.74) is -0.265. The van der Waals surface area contributed by atoms with E-state index in [1.54, 1.807) is 0 Å². The lowest BCUT2D eigenvalue weighted by molar-refractivity contribution is -0.345. The second-order valence-electron chi connectivity index (χ2n) is 12.4. The molecule has 1 aromatic heterocycles. The molecule has 6 atom stereocenters. The zero-order valence-corrected chi connectivity index (χ0v) is 28.0. The third-order valence-corrected chi connectivity index (χ3v) is 8.59. The summed E-state index contributed by atoms with van der Waals surface area (Å²) in [4.78, 5) is 27.1. The summed E-state index contributed by atoms with van der Waals surface area (Å²) in [6, 6.07) is 15.9. The Hall–Kier alpha value is -5.78. The number of carbonyl (C=O) groups is 1. The van der Waals surface area contributed by atoms with E-state index in [1.807, 2.05) is 0 Å². The summed E-state index contributed by atoms with van der Waals surface area (Å²) in [7, 11) is 0. The number of aliphatic hydroxyl groups excluding tert-OH is 3. The fourth-order valence-corrected chi connectivity index (χ4v) is 5.83. The molecule has 5 aromatic rings. The molecule has 284 valence electrons. The van der Waals surface area contributed by atoms with Gasteiger partial charge in [0.1, 0.15) is 40.2 Å². The first-order valence-corrected chi connectivity index (χ1v) is 16.5. The average Bonchev–Trinajstić information content (AvgIpc) is 3.13. The van der Waals surface area contributed by atoms with Gasteiger partial charge in [0.2, 0.25) is 17.5 Å². The average molecular weight is 753 g/mol. The van der Waals surface area contributed by atoms with Crippen molar-refractivity contribution in [1.29, 1.82) is 0 Å². The highest BCUT2D eigenvalue weighted by Gasteiger charge is 2.50. The quantitative estimate of drug-likeness (QED) is 0.0546. The monoisotopic (exact) mass is 752 g/mol. The number of benzene rings is 4. The molecule has 1 saturated heterocycles. The van der Waals surface area contributed by atoms with Crippen LogP contribution < -0.4 is 10.2 Å². The number of aromatic hydroxyl groups is 4. The summed E-state index contributed by atoms with van der Waals surface area (Å²) in [5.74, 6) is -5.42. The lowest BCUT2D eigenvalue weighted by Gasteiger charge is -2.42. The fraction of sp³-hybridized carbons (Fsp3) is 0.263. The number of fused-ring (bicyclic) bond motifs is 1. The normalized spacial score (nSPS) is 20.4. The van der Waals surface area contributed by atoms with Gasteiger partial charge in [-0.05, 0) is 66.4 Å². The first-order valence-electron chi connectivity index (χ1n) is 16.5. The number of phenols is 4. The minimum absolute atomic E-state index is 0.0703. The maximum absolute atomic E-state index is 14.0. The van der Waals surface area contributed by atoms with E-state index in [0.29, 0.717) is 11.1 Å². The Morgan fingerprint density at radius 2 is 1.44 bits per heavy atom. The fourth-order valence-electron chi connectivity index (χ4n) is 5.83. The van der Waals surface area contributed by atoms with Crippen LogP contribution in [-0.4, -0.2) is 78.9 Å². The molecule has 0 radical (unpaired) electrons. The van der Waals surface area contributed by atoms with Crippen LogP contribution in [-0.2, 0) is 31.8 Å². The molecule has 16 heteroatoms. The number of aliphatic hydroxyl groups is 3. The highest BCUT2D eigenvalue weighted by Crippen LogP contribution is 2.40. The maximum atomic E-state index is 14.0. The predicted molar refractivity (Wildman–Crippen MR) is 182 cm³/mol. The van der Waals surface area contributed by atoms with Gasteiger partial charge in [-0.3, -0.25) is 9.59 Å². The van der Waals surface area contributed by atoms with Crippen LogP contribution in [0.4, 0.5) is 8.78 Å². The second-order valence-corrected chi connectivity index (χ2v) is 12.4. The van der Waals surface area contributed by atoms with Gasteiger partial charge in [-0.15, -0.1) is 0 Å². The molecule has 0 bridgehead atoms. The van der Waals surface area contributed by atoms with Crippen LogP contribution in [0.2, 0.25) is 0 Å². The molecular weight excluding hydrogens is 718 g/mol. The number of phenolic OH excluding ortho intramolecular Hbond substituents is 4. The van der Waals surface area contributed by atoms with Crippen molar-refractivity contribution in [3.05, 3.63) is 112 Å². The van der Waals surface area contributed by atoms with Gasteiger partial charge in [-0.1, -0.05) is 24.3 Å². The smallest absolute Gasteiger partial charge is 0.306 e. The van der Waals surface area contributed by atoms with E-state index in [0.717, 1.165) is 24.3 Å². The van der Waals surface area contributed by atoms with E-state index in [2.05, 4.69) is 0 Å². The molecule has 7 N–H and O–H groups in total. The van der Waals surface area contributed by atoms with Crippen LogP contribution in [0.3, 0.4) is 0 Å². The van der Waals surface area contributed by atoms with E-state index < -0.39 is 100 Å². The lowest BCUT2D eigenvalue weighted by atomic mass is 10.0. The molecule has 1 fully saturated rings. The van der Waals surface area contributed by atoms with Crippen LogP contribution in [0.25, 0.3) is 22.3 Å². The van der Waals surface area contributed by atoms with E-state index in [4.69, 9.17) is 23.4 Å². The van der Waals surface area contributed by atoms with E-state index in [1.165, 1.54) is 54.6 Å². The minimum Gasteiger partial charge on any atom is -0.508 e. The predicted octanol–water partition coefficient (Wildman–Crippen LogP) is 3.86. The van der Waals surface area contributed by atoms with Gasteiger partial charge in [-0.2, -0.15) is 0 Å². The third-order valence-electron chi connectivity index (χ3n) is 8.59. The molecule has 0 spiro atoms. The van der Waals surface area contributed by atoms with E-state index in [-0.39, 0.29) is 36.8 Å². The largest absolute Gasteiger partial charge is 0.508 e. The third kappa shape index (κ3) is 8.54. The van der Waals surface area contributed by atoms with Crippen LogP contribution in [0.5, 0.6) is 28.7 Å². The molecule has 0 aliphatic carbocycles. The van der Waals surface area contributed by atoms with Gasteiger partial charge in [-0.25, -0.2) is 8.78 Å². The summed E-state index contributed by atoms with van der Waals surface area (Å²) in [6.45, 7) is 0. The molecule has 0 amide bonds. The molecule has 1 aliphatic rings. The summed E-state index contributed by atoms with van der Waals surface area (Å²) in [5, 5.41) is 73.2. The Bertz CT molecular complexity index is 2170. The van der Waals surface area contributed by atoms with Gasteiger partial charge in [0.15, 0.2) is 42.0 Å². The number of hydrogen-bond acceptors (Lipinski definition) is 14. The Balaban J connectivity index is 1.36. The zero-order chi connectivity index (χ0) is 38.7. The standard InChI is InChI=1S/C38H34F2O14/c39-21-8-1-18(2-9-21)5-13-28(45)51-35-32(48)37(49)54-38(36(35)52-29(46)14-6-19-3-10-22(40)11-4-19)53-34-31(47)30-26(44)16-23(41)17-27(30)50-33(34)20-7-12-24(42)25(43)15-20/h1-4,7-12,15-17,29,32,35-38,41-44,46,48-49H,5-6,13-14H2/t29?,32-,35-,36+,37-,38+/m0/s1. The Morgan fingerprint density at radius 1 is 0.796 bits per heavy atom. The number of aryl methyl sites for hydroxylation is 2. The summed E-state index contributed by atoms with van der Waals surface area (Å²) >= 11 is 0. The maximum Gasteiger partial charge on any atom is 0.306 e. The second kappa shape index (κ2) is 16.1. The number of rotatable bonds is 12. The lowest BCUT2D eigenvalue weighted by Crippen LogP contribution is -2.62. The van der Waals surface area contributed by atoms with Crippen molar-refractivity contribution in [3.63, 3.8) is 0 Å². The minimum atomic E-state index is -2.14. The van der Waals surface area contributed by atoms with Gasteiger partial charge < -0.3 is 59.1 Å². The molecule has 1 unspecified atom stereocenters. The van der Waals surface area contributed by atoms with Gasteiger partial charge >= 0.3 is 5.97 Å². The van der Waals surface area contributed by atoms with Crippen molar-refractivity contribution in [2.24, 2.45) is 0 Å². The van der Waals surface area contributed by atoms with Gasteiger partial charge in [0.05, 0.1) is 0 Å². The molecule has 14 nitrogen and oxygen atoms in total. The molecule has 6 rings (SSSR count). The van der Waals surface area contributed by atoms with Gasteiger partial charge in [0, 0.05) is 30.5 Å². The number of halogens is 2. The highest BCUT2D eigenvalue weighted by atomic mass is 19.1.